The normalized spacial score (nSPS) is 19.9. The van der Waals surface area contributed by atoms with Crippen molar-refractivity contribution in [1.29, 1.82) is 0 Å². The summed E-state index contributed by atoms with van der Waals surface area (Å²) >= 11 is 0. The molecule has 2 atom stereocenters. The molecule has 150 valence electrons. The highest BCUT2D eigenvalue weighted by Crippen LogP contribution is 2.33. The first kappa shape index (κ1) is 19.5. The van der Waals surface area contributed by atoms with Crippen LogP contribution in [0.3, 0.4) is 0 Å². The SMILES string of the molecule is O=S(=O)(c1cccnc1)N1C[C@@H](Nc2ccc(F)c(F)c2)[C@H](c2ccccc2)C1. The lowest BCUT2D eigenvalue weighted by atomic mass is 9.94. The van der Waals surface area contributed by atoms with Crippen LogP contribution in [0.2, 0.25) is 0 Å². The molecule has 29 heavy (non-hydrogen) atoms. The van der Waals surface area contributed by atoms with E-state index < -0.39 is 21.7 Å². The maximum absolute atomic E-state index is 13.6. The molecule has 2 aromatic carbocycles. The van der Waals surface area contributed by atoms with Crippen LogP contribution in [0.15, 0.2) is 78.0 Å². The van der Waals surface area contributed by atoms with Crippen LogP contribution in [-0.4, -0.2) is 36.8 Å². The molecular weight excluding hydrogens is 396 g/mol. The highest BCUT2D eigenvalue weighted by Gasteiger charge is 2.40. The summed E-state index contributed by atoms with van der Waals surface area (Å²) in [6.45, 7) is 0.457. The van der Waals surface area contributed by atoms with Gasteiger partial charge < -0.3 is 5.32 Å². The lowest BCUT2D eigenvalue weighted by Gasteiger charge is -2.21. The number of aromatic nitrogens is 1. The highest BCUT2D eigenvalue weighted by atomic mass is 32.2. The molecule has 1 aliphatic rings. The zero-order valence-electron chi connectivity index (χ0n) is 15.4. The molecule has 1 aliphatic heterocycles. The Morgan fingerprint density at radius 3 is 2.45 bits per heavy atom. The summed E-state index contributed by atoms with van der Waals surface area (Å²) in [5, 5.41) is 3.18. The quantitative estimate of drug-likeness (QED) is 0.691. The molecule has 3 aromatic rings. The maximum atomic E-state index is 13.6. The molecule has 0 saturated carbocycles. The van der Waals surface area contributed by atoms with E-state index in [-0.39, 0.29) is 29.9 Å². The molecular formula is C21H19F2N3O2S. The number of anilines is 1. The van der Waals surface area contributed by atoms with Crippen molar-refractivity contribution in [3.63, 3.8) is 0 Å². The number of rotatable bonds is 5. The zero-order chi connectivity index (χ0) is 20.4. The van der Waals surface area contributed by atoms with Gasteiger partial charge in [0.25, 0.3) is 0 Å². The standard InChI is InChI=1S/C21H19F2N3O2S/c22-19-9-8-16(11-20(19)23)25-21-14-26(13-18(21)15-5-2-1-3-6-15)29(27,28)17-7-4-10-24-12-17/h1-12,18,21,25H,13-14H2/t18-,21+/m0/s1. The molecule has 0 unspecified atom stereocenters. The van der Waals surface area contributed by atoms with Crippen molar-refractivity contribution in [3.8, 4) is 0 Å². The minimum Gasteiger partial charge on any atom is -0.380 e. The number of pyridine rings is 1. The summed E-state index contributed by atoms with van der Waals surface area (Å²) in [6, 6.07) is 15.9. The second-order valence-electron chi connectivity index (χ2n) is 6.91. The number of hydrogen-bond acceptors (Lipinski definition) is 4. The van der Waals surface area contributed by atoms with Crippen molar-refractivity contribution in [2.75, 3.05) is 18.4 Å². The minimum atomic E-state index is -3.72. The lowest BCUT2D eigenvalue weighted by molar-refractivity contribution is 0.471. The van der Waals surface area contributed by atoms with Gasteiger partial charge in [-0.1, -0.05) is 30.3 Å². The predicted octanol–water partition coefficient (Wildman–Crippen LogP) is 3.63. The largest absolute Gasteiger partial charge is 0.380 e. The third kappa shape index (κ3) is 3.99. The third-order valence-electron chi connectivity index (χ3n) is 5.06. The van der Waals surface area contributed by atoms with E-state index >= 15 is 0 Å². The van der Waals surface area contributed by atoms with Crippen LogP contribution < -0.4 is 5.32 Å². The molecule has 1 N–H and O–H groups in total. The van der Waals surface area contributed by atoms with Crippen LogP contribution in [0.1, 0.15) is 11.5 Å². The van der Waals surface area contributed by atoms with Crippen molar-refractivity contribution in [2.45, 2.75) is 16.9 Å². The van der Waals surface area contributed by atoms with Gasteiger partial charge in [-0.2, -0.15) is 4.31 Å². The van der Waals surface area contributed by atoms with Crippen molar-refractivity contribution in [2.24, 2.45) is 0 Å². The second-order valence-corrected chi connectivity index (χ2v) is 8.85. The molecule has 1 fully saturated rings. The van der Waals surface area contributed by atoms with Crippen molar-refractivity contribution in [1.82, 2.24) is 9.29 Å². The van der Waals surface area contributed by atoms with Crippen LogP contribution in [0.25, 0.3) is 0 Å². The van der Waals surface area contributed by atoms with Gasteiger partial charge in [0.2, 0.25) is 10.0 Å². The fraction of sp³-hybridized carbons (Fsp3) is 0.190. The molecule has 0 amide bonds. The average Bonchev–Trinajstić information content (AvgIpc) is 3.17. The second kappa shape index (κ2) is 7.88. The van der Waals surface area contributed by atoms with Gasteiger partial charge in [0, 0.05) is 49.2 Å². The summed E-state index contributed by atoms with van der Waals surface area (Å²) < 4.78 is 54.4. The summed E-state index contributed by atoms with van der Waals surface area (Å²) in [5.74, 6) is -2.04. The molecule has 8 heteroatoms. The Kier molecular flexibility index (Phi) is 5.29. The van der Waals surface area contributed by atoms with E-state index in [1.807, 2.05) is 30.3 Å². The van der Waals surface area contributed by atoms with Crippen LogP contribution in [0.4, 0.5) is 14.5 Å². The summed E-state index contributed by atoms with van der Waals surface area (Å²) in [7, 11) is -3.72. The van der Waals surface area contributed by atoms with E-state index in [2.05, 4.69) is 10.3 Å². The van der Waals surface area contributed by atoms with Crippen LogP contribution in [0, 0.1) is 11.6 Å². The number of nitrogens with zero attached hydrogens (tertiary/aromatic N) is 2. The Hall–Kier alpha value is -2.84. The first-order valence-electron chi connectivity index (χ1n) is 9.12. The summed E-state index contributed by atoms with van der Waals surface area (Å²) in [5.41, 5.74) is 1.37. The van der Waals surface area contributed by atoms with E-state index in [0.717, 1.165) is 17.7 Å². The molecule has 5 nitrogen and oxygen atoms in total. The van der Waals surface area contributed by atoms with Crippen LogP contribution in [-0.2, 0) is 10.0 Å². The number of benzene rings is 2. The highest BCUT2D eigenvalue weighted by molar-refractivity contribution is 7.89. The Labute approximate surface area is 168 Å². The minimum absolute atomic E-state index is 0.125. The maximum Gasteiger partial charge on any atom is 0.244 e. The van der Waals surface area contributed by atoms with Gasteiger partial charge in [0.1, 0.15) is 4.90 Å². The van der Waals surface area contributed by atoms with Gasteiger partial charge in [0.15, 0.2) is 11.6 Å². The van der Waals surface area contributed by atoms with Gasteiger partial charge in [-0.05, 0) is 29.8 Å². The van der Waals surface area contributed by atoms with E-state index in [4.69, 9.17) is 0 Å². The van der Waals surface area contributed by atoms with E-state index in [1.165, 1.54) is 28.8 Å². The van der Waals surface area contributed by atoms with Gasteiger partial charge in [-0.15, -0.1) is 0 Å². The topological polar surface area (TPSA) is 62.3 Å². The number of halogens is 2. The fourth-order valence-electron chi connectivity index (χ4n) is 3.60. The van der Waals surface area contributed by atoms with Crippen LogP contribution in [0.5, 0.6) is 0 Å². The van der Waals surface area contributed by atoms with E-state index in [0.29, 0.717) is 5.69 Å². The predicted molar refractivity (Wildman–Crippen MR) is 106 cm³/mol. The lowest BCUT2D eigenvalue weighted by Crippen LogP contribution is -2.32. The summed E-state index contributed by atoms with van der Waals surface area (Å²) in [6.07, 6.45) is 2.84. The average molecular weight is 415 g/mol. The molecule has 0 aliphatic carbocycles. The molecule has 1 saturated heterocycles. The van der Waals surface area contributed by atoms with E-state index in [9.17, 15) is 17.2 Å². The van der Waals surface area contributed by atoms with E-state index in [1.54, 1.807) is 6.07 Å². The molecule has 4 rings (SSSR count). The van der Waals surface area contributed by atoms with Crippen molar-refractivity contribution in [3.05, 3.63) is 90.3 Å². The number of nitrogens with one attached hydrogen (secondary N) is 1. The third-order valence-corrected chi connectivity index (χ3v) is 6.87. The Morgan fingerprint density at radius 1 is 0.966 bits per heavy atom. The Bertz CT molecular complexity index is 1100. The summed E-state index contributed by atoms with van der Waals surface area (Å²) in [4.78, 5) is 4.03. The Balaban J connectivity index is 1.65. The zero-order valence-corrected chi connectivity index (χ0v) is 16.2. The van der Waals surface area contributed by atoms with Gasteiger partial charge in [-0.25, -0.2) is 17.2 Å². The van der Waals surface area contributed by atoms with Gasteiger partial charge >= 0.3 is 0 Å². The van der Waals surface area contributed by atoms with Gasteiger partial charge in [-0.3, -0.25) is 4.98 Å². The smallest absolute Gasteiger partial charge is 0.244 e. The molecule has 2 heterocycles. The van der Waals surface area contributed by atoms with Crippen molar-refractivity contribution < 1.29 is 17.2 Å². The molecule has 0 radical (unpaired) electrons. The molecule has 0 spiro atoms. The molecule has 1 aromatic heterocycles. The van der Waals surface area contributed by atoms with Gasteiger partial charge in [0.05, 0.1) is 0 Å². The number of sulfonamides is 1. The Morgan fingerprint density at radius 2 is 1.76 bits per heavy atom. The first-order chi connectivity index (χ1) is 13.9. The van der Waals surface area contributed by atoms with Crippen molar-refractivity contribution >= 4 is 15.7 Å². The van der Waals surface area contributed by atoms with Crippen LogP contribution >= 0.6 is 0 Å². The number of hydrogen-bond donors (Lipinski definition) is 1. The first-order valence-corrected chi connectivity index (χ1v) is 10.6. The molecule has 0 bridgehead atoms. The fourth-order valence-corrected chi connectivity index (χ4v) is 5.05. The monoisotopic (exact) mass is 415 g/mol.